The molecule has 2 aromatic carbocycles. The number of ether oxygens (including phenoxy) is 3. The van der Waals surface area contributed by atoms with E-state index in [1.54, 1.807) is 12.0 Å². The van der Waals surface area contributed by atoms with Crippen LogP contribution in [0.4, 0.5) is 16.2 Å². The molecule has 1 amide bonds. The van der Waals surface area contributed by atoms with E-state index in [0.717, 1.165) is 62.7 Å². The molecule has 7 heteroatoms. The smallest absolute Gasteiger partial charge is 0.415 e. The van der Waals surface area contributed by atoms with E-state index in [0.29, 0.717) is 6.54 Å². The molecular formula is C28H37N3O4. The zero-order chi connectivity index (χ0) is 24.1. The Hall–Kier alpha value is -2.93. The third-order valence-electron chi connectivity index (χ3n) is 7.55. The Labute approximate surface area is 208 Å². The number of carbonyl (C=O) groups is 1. The number of amides is 1. The second kappa shape index (κ2) is 10.8. The van der Waals surface area contributed by atoms with Crippen molar-refractivity contribution in [1.29, 1.82) is 0 Å². The highest BCUT2D eigenvalue weighted by molar-refractivity contribution is 5.90. The van der Waals surface area contributed by atoms with Gasteiger partial charge in [0.15, 0.2) is 0 Å². The van der Waals surface area contributed by atoms with E-state index < -0.39 is 5.60 Å². The number of likely N-dealkylation sites (tertiary alicyclic amines) is 1. The molecule has 3 fully saturated rings. The summed E-state index contributed by atoms with van der Waals surface area (Å²) in [5, 5.41) is 0. The number of nitrogens with zero attached hydrogens (tertiary/aromatic N) is 3. The number of rotatable bonds is 8. The van der Waals surface area contributed by atoms with Crippen LogP contribution in [0.1, 0.15) is 38.5 Å². The van der Waals surface area contributed by atoms with E-state index >= 15 is 0 Å². The van der Waals surface area contributed by atoms with Crippen molar-refractivity contribution in [3.05, 3.63) is 48.5 Å². The average molecular weight is 480 g/mol. The second-order valence-electron chi connectivity index (χ2n) is 9.92. The maximum atomic E-state index is 12.7. The van der Waals surface area contributed by atoms with Crippen LogP contribution in [0.15, 0.2) is 48.5 Å². The molecule has 3 heterocycles. The summed E-state index contributed by atoms with van der Waals surface area (Å²) < 4.78 is 17.2. The van der Waals surface area contributed by atoms with Gasteiger partial charge in [-0.25, -0.2) is 4.79 Å². The number of carbonyl (C=O) groups excluding carboxylic acids is 1. The minimum Gasteiger partial charge on any atom is -0.497 e. The summed E-state index contributed by atoms with van der Waals surface area (Å²) in [5.41, 5.74) is 1.59. The summed E-state index contributed by atoms with van der Waals surface area (Å²) in [4.78, 5) is 19.3. The van der Waals surface area contributed by atoms with Gasteiger partial charge in [-0.1, -0.05) is 12.5 Å². The van der Waals surface area contributed by atoms with E-state index in [2.05, 4.69) is 34.1 Å². The van der Waals surface area contributed by atoms with Crippen LogP contribution in [-0.2, 0) is 4.74 Å². The lowest BCUT2D eigenvalue weighted by molar-refractivity contribution is 0.0367. The zero-order valence-corrected chi connectivity index (χ0v) is 20.8. The molecule has 0 radical (unpaired) electrons. The van der Waals surface area contributed by atoms with Crippen molar-refractivity contribution in [2.75, 3.05) is 62.8 Å². The average Bonchev–Trinajstić information content (AvgIpc) is 3.23. The third-order valence-corrected chi connectivity index (χ3v) is 7.55. The summed E-state index contributed by atoms with van der Waals surface area (Å²) in [6.45, 7) is 6.67. The molecular weight excluding hydrogens is 442 g/mol. The SMILES string of the molecule is COc1cccc(N2CC3(CCN(c4ccc(OCCCN5CCCCC5)cc4)CC3)OC2=O)c1. The lowest BCUT2D eigenvalue weighted by Crippen LogP contribution is -2.47. The van der Waals surface area contributed by atoms with Gasteiger partial charge in [-0.05, 0) is 68.8 Å². The Morgan fingerprint density at radius 2 is 1.69 bits per heavy atom. The minimum atomic E-state index is -0.423. The minimum absolute atomic E-state index is 0.270. The van der Waals surface area contributed by atoms with Gasteiger partial charge in [0, 0.05) is 44.2 Å². The van der Waals surface area contributed by atoms with Gasteiger partial charge in [0.2, 0.25) is 0 Å². The van der Waals surface area contributed by atoms with E-state index in [1.807, 2.05) is 24.3 Å². The van der Waals surface area contributed by atoms with Crippen molar-refractivity contribution in [2.45, 2.75) is 44.1 Å². The van der Waals surface area contributed by atoms with Crippen molar-refractivity contribution in [1.82, 2.24) is 4.90 Å². The lowest BCUT2D eigenvalue weighted by atomic mass is 9.91. The molecule has 35 heavy (non-hydrogen) atoms. The van der Waals surface area contributed by atoms with Crippen molar-refractivity contribution in [2.24, 2.45) is 0 Å². The maximum absolute atomic E-state index is 12.7. The third kappa shape index (κ3) is 5.67. The molecule has 0 aliphatic carbocycles. The fraction of sp³-hybridized carbons (Fsp3) is 0.536. The van der Waals surface area contributed by atoms with Gasteiger partial charge in [0.05, 0.1) is 25.9 Å². The highest BCUT2D eigenvalue weighted by atomic mass is 16.6. The monoisotopic (exact) mass is 479 g/mol. The molecule has 0 aromatic heterocycles. The molecule has 7 nitrogen and oxygen atoms in total. The first-order valence-corrected chi connectivity index (χ1v) is 13.0. The van der Waals surface area contributed by atoms with Gasteiger partial charge >= 0.3 is 6.09 Å². The van der Waals surface area contributed by atoms with Crippen molar-refractivity contribution < 1.29 is 19.0 Å². The van der Waals surface area contributed by atoms with E-state index in [9.17, 15) is 4.79 Å². The predicted molar refractivity (Wildman–Crippen MR) is 138 cm³/mol. The Morgan fingerprint density at radius 1 is 0.914 bits per heavy atom. The highest BCUT2D eigenvalue weighted by Crippen LogP contribution is 2.37. The van der Waals surface area contributed by atoms with Gasteiger partial charge in [-0.3, -0.25) is 4.90 Å². The molecule has 188 valence electrons. The first-order chi connectivity index (χ1) is 17.1. The Balaban J connectivity index is 1.09. The van der Waals surface area contributed by atoms with Gasteiger partial charge in [-0.15, -0.1) is 0 Å². The van der Waals surface area contributed by atoms with Crippen molar-refractivity contribution in [3.8, 4) is 11.5 Å². The molecule has 0 N–H and O–H groups in total. The normalized spacial score (nSPS) is 20.2. The van der Waals surface area contributed by atoms with Crippen molar-refractivity contribution >= 4 is 17.5 Å². The number of hydrogen-bond acceptors (Lipinski definition) is 6. The molecule has 0 saturated carbocycles. The molecule has 2 aromatic rings. The van der Waals surface area contributed by atoms with E-state index in [-0.39, 0.29) is 6.09 Å². The highest BCUT2D eigenvalue weighted by Gasteiger charge is 2.47. The predicted octanol–water partition coefficient (Wildman–Crippen LogP) is 4.95. The first-order valence-electron chi connectivity index (χ1n) is 13.0. The van der Waals surface area contributed by atoms with Crippen LogP contribution in [0.5, 0.6) is 11.5 Å². The number of hydrogen-bond donors (Lipinski definition) is 0. The molecule has 0 atom stereocenters. The molecule has 0 unspecified atom stereocenters. The zero-order valence-electron chi connectivity index (χ0n) is 20.8. The summed E-state index contributed by atoms with van der Waals surface area (Å²) in [7, 11) is 1.63. The Bertz CT molecular complexity index is 982. The van der Waals surface area contributed by atoms with Gasteiger partial charge < -0.3 is 24.0 Å². The summed E-state index contributed by atoms with van der Waals surface area (Å²) in [6, 6.07) is 16.0. The van der Waals surface area contributed by atoms with Gasteiger partial charge in [0.1, 0.15) is 17.1 Å². The Kier molecular flexibility index (Phi) is 7.32. The van der Waals surface area contributed by atoms with Crippen LogP contribution in [-0.4, -0.2) is 69.6 Å². The number of piperidine rings is 2. The van der Waals surface area contributed by atoms with E-state index in [1.165, 1.54) is 38.0 Å². The van der Waals surface area contributed by atoms with E-state index in [4.69, 9.17) is 14.2 Å². The summed E-state index contributed by atoms with van der Waals surface area (Å²) in [6.07, 6.45) is 6.48. The second-order valence-corrected chi connectivity index (χ2v) is 9.92. The molecule has 3 aliphatic rings. The fourth-order valence-electron chi connectivity index (χ4n) is 5.45. The molecule has 1 spiro atoms. The van der Waals surface area contributed by atoms with Gasteiger partial charge in [-0.2, -0.15) is 0 Å². The van der Waals surface area contributed by atoms with Crippen LogP contribution < -0.4 is 19.3 Å². The number of anilines is 2. The van der Waals surface area contributed by atoms with Crippen LogP contribution in [0.3, 0.4) is 0 Å². The van der Waals surface area contributed by atoms with Crippen LogP contribution in [0, 0.1) is 0 Å². The summed E-state index contributed by atoms with van der Waals surface area (Å²) in [5.74, 6) is 1.67. The van der Waals surface area contributed by atoms with Gasteiger partial charge in [0.25, 0.3) is 0 Å². The number of benzene rings is 2. The van der Waals surface area contributed by atoms with Crippen LogP contribution in [0.25, 0.3) is 0 Å². The quantitative estimate of drug-likeness (QED) is 0.500. The molecule has 0 bridgehead atoms. The standard InChI is InChI=1S/C28H37N3O4/c1-33-26-8-5-7-24(21-26)31-22-28(35-27(31)32)13-18-30(19-14-28)23-9-11-25(12-10-23)34-20-6-17-29-15-3-2-4-16-29/h5,7-12,21H,2-4,6,13-20,22H2,1H3. The van der Waals surface area contributed by atoms with Crippen LogP contribution >= 0.6 is 0 Å². The van der Waals surface area contributed by atoms with Crippen LogP contribution in [0.2, 0.25) is 0 Å². The lowest BCUT2D eigenvalue weighted by Gasteiger charge is -2.38. The largest absolute Gasteiger partial charge is 0.497 e. The maximum Gasteiger partial charge on any atom is 0.415 e. The number of methoxy groups -OCH3 is 1. The fourth-order valence-corrected chi connectivity index (χ4v) is 5.45. The Morgan fingerprint density at radius 3 is 2.43 bits per heavy atom. The summed E-state index contributed by atoms with van der Waals surface area (Å²) >= 11 is 0. The molecule has 5 rings (SSSR count). The topological polar surface area (TPSA) is 54.5 Å². The first kappa shape index (κ1) is 23.8. The van der Waals surface area contributed by atoms with Crippen molar-refractivity contribution in [3.63, 3.8) is 0 Å². The molecule has 3 saturated heterocycles. The molecule has 3 aliphatic heterocycles.